The third kappa shape index (κ3) is 3.88. The second-order valence-electron chi connectivity index (χ2n) is 7.65. The number of rotatable bonds is 3. The van der Waals surface area contributed by atoms with Gasteiger partial charge in [-0.15, -0.1) is 0 Å². The lowest BCUT2D eigenvalue weighted by Gasteiger charge is -2.36. The highest BCUT2D eigenvalue weighted by Crippen LogP contribution is 2.26. The molecule has 0 aromatic carbocycles. The molecule has 24 heavy (non-hydrogen) atoms. The van der Waals surface area contributed by atoms with Gasteiger partial charge in [0.2, 0.25) is 5.90 Å². The van der Waals surface area contributed by atoms with E-state index in [0.717, 1.165) is 37.4 Å². The molecule has 0 amide bonds. The van der Waals surface area contributed by atoms with Gasteiger partial charge in [-0.25, -0.2) is 0 Å². The summed E-state index contributed by atoms with van der Waals surface area (Å²) in [4.78, 5) is 9.86. The van der Waals surface area contributed by atoms with Gasteiger partial charge in [0.1, 0.15) is 12.3 Å². The lowest BCUT2D eigenvalue weighted by atomic mass is 9.91. The normalized spacial score (nSPS) is 27.6. The Balaban J connectivity index is 1.33. The molecule has 0 atom stereocenters. The Kier molecular flexibility index (Phi) is 5.26. The summed E-state index contributed by atoms with van der Waals surface area (Å²) in [5.74, 6) is 1.80. The summed E-state index contributed by atoms with van der Waals surface area (Å²) >= 11 is 0. The van der Waals surface area contributed by atoms with Crippen molar-refractivity contribution in [1.29, 1.82) is 0 Å². The summed E-state index contributed by atoms with van der Waals surface area (Å²) in [7, 11) is 0. The average Bonchev–Trinajstić information content (AvgIpc) is 2.81. The van der Waals surface area contributed by atoms with E-state index >= 15 is 0 Å². The molecule has 0 aromatic heterocycles. The summed E-state index contributed by atoms with van der Waals surface area (Å²) in [6.07, 6.45) is 15.4. The van der Waals surface area contributed by atoms with E-state index in [1.54, 1.807) is 0 Å². The Labute approximate surface area is 146 Å². The van der Waals surface area contributed by atoms with Crippen LogP contribution in [0.3, 0.4) is 0 Å². The number of hydrogen-bond donors (Lipinski definition) is 1. The molecule has 2 heterocycles. The van der Waals surface area contributed by atoms with Gasteiger partial charge < -0.3 is 15.0 Å². The maximum absolute atomic E-state index is 6.16. The van der Waals surface area contributed by atoms with Crippen LogP contribution in [0, 0.1) is 6.20 Å². The molecule has 4 rings (SSSR count). The second-order valence-corrected chi connectivity index (χ2v) is 7.65. The minimum Gasteiger partial charge on any atom is -0.476 e. The van der Waals surface area contributed by atoms with Crippen molar-refractivity contribution in [1.82, 2.24) is 15.1 Å². The summed E-state index contributed by atoms with van der Waals surface area (Å²) in [6.45, 7) is 5.21. The highest BCUT2D eigenvalue weighted by molar-refractivity contribution is 5.80. The lowest BCUT2D eigenvalue weighted by Crippen LogP contribution is -2.42. The summed E-state index contributed by atoms with van der Waals surface area (Å²) in [5.41, 5.74) is 0. The zero-order valence-corrected chi connectivity index (χ0v) is 14.8. The Morgan fingerprint density at radius 3 is 2.58 bits per heavy atom. The van der Waals surface area contributed by atoms with Crippen molar-refractivity contribution in [3.8, 4) is 0 Å². The fourth-order valence-corrected chi connectivity index (χ4v) is 4.24. The predicted molar refractivity (Wildman–Crippen MR) is 95.6 cm³/mol. The maximum atomic E-state index is 6.16. The van der Waals surface area contributed by atoms with Crippen molar-refractivity contribution in [3.05, 3.63) is 12.0 Å². The van der Waals surface area contributed by atoms with Crippen molar-refractivity contribution in [2.75, 3.05) is 32.7 Å². The standard InChI is InChI=1S/C19H31N4O/c1-2-8-17(9-3-1)24-19-15-20-14-18(21-19)23-11-5-10-22(12-13-23)16-6-4-7-16/h16-17,20H,1-13,15H2. The molecule has 2 aliphatic heterocycles. The topological polar surface area (TPSA) is 40.1 Å². The first-order valence-electron chi connectivity index (χ1n) is 9.97. The number of nitrogens with zero attached hydrogens (tertiary/aromatic N) is 3. The van der Waals surface area contributed by atoms with Crippen LogP contribution in [0.1, 0.15) is 57.8 Å². The fraction of sp³-hybridized carbons (Fsp3) is 0.842. The van der Waals surface area contributed by atoms with Crippen molar-refractivity contribution >= 4 is 5.90 Å². The van der Waals surface area contributed by atoms with E-state index in [1.807, 2.05) is 0 Å². The Bertz CT molecular complexity index is 480. The highest BCUT2D eigenvalue weighted by atomic mass is 16.5. The van der Waals surface area contributed by atoms with E-state index < -0.39 is 0 Å². The molecule has 2 saturated carbocycles. The molecule has 5 heteroatoms. The van der Waals surface area contributed by atoms with Crippen LogP contribution in [0.25, 0.3) is 0 Å². The molecular formula is C19H31N4O. The quantitative estimate of drug-likeness (QED) is 0.863. The summed E-state index contributed by atoms with van der Waals surface area (Å²) < 4.78 is 6.16. The largest absolute Gasteiger partial charge is 0.476 e. The van der Waals surface area contributed by atoms with Crippen LogP contribution in [-0.4, -0.2) is 60.6 Å². The predicted octanol–water partition coefficient (Wildman–Crippen LogP) is 2.50. The molecule has 2 aliphatic carbocycles. The molecule has 0 aromatic rings. The van der Waals surface area contributed by atoms with Crippen molar-refractivity contribution in [2.45, 2.75) is 69.9 Å². The molecule has 3 fully saturated rings. The SMILES string of the molecule is [C]1=C(N2CCCN(C3CCC3)CC2)N=C(OC2CCCCC2)CN1. The maximum Gasteiger partial charge on any atom is 0.210 e. The van der Waals surface area contributed by atoms with Crippen molar-refractivity contribution in [3.63, 3.8) is 0 Å². The van der Waals surface area contributed by atoms with Gasteiger partial charge in [-0.1, -0.05) is 12.8 Å². The van der Waals surface area contributed by atoms with Crippen LogP contribution in [-0.2, 0) is 4.74 Å². The molecule has 0 unspecified atom stereocenters. The third-order valence-electron chi connectivity index (χ3n) is 5.95. The van der Waals surface area contributed by atoms with E-state index in [1.165, 1.54) is 64.3 Å². The molecule has 0 spiro atoms. The van der Waals surface area contributed by atoms with Gasteiger partial charge in [-0.3, -0.25) is 4.90 Å². The van der Waals surface area contributed by atoms with Crippen LogP contribution in [0.4, 0.5) is 0 Å². The van der Waals surface area contributed by atoms with Gasteiger partial charge in [-0.2, -0.15) is 4.99 Å². The van der Waals surface area contributed by atoms with Gasteiger partial charge in [0.05, 0.1) is 6.54 Å². The zero-order valence-electron chi connectivity index (χ0n) is 14.8. The first-order valence-corrected chi connectivity index (χ1v) is 9.97. The average molecular weight is 331 g/mol. The summed E-state index contributed by atoms with van der Waals surface area (Å²) in [5, 5.41) is 3.25. The monoisotopic (exact) mass is 331 g/mol. The van der Waals surface area contributed by atoms with E-state index in [2.05, 4.69) is 21.3 Å². The minimum atomic E-state index is 0.372. The smallest absolute Gasteiger partial charge is 0.210 e. The molecule has 1 N–H and O–H groups in total. The Morgan fingerprint density at radius 2 is 1.79 bits per heavy atom. The molecule has 1 radical (unpaired) electrons. The lowest BCUT2D eigenvalue weighted by molar-refractivity contribution is 0.131. The first kappa shape index (κ1) is 16.2. The van der Waals surface area contributed by atoms with Crippen molar-refractivity contribution < 1.29 is 4.74 Å². The van der Waals surface area contributed by atoms with Gasteiger partial charge in [0.15, 0.2) is 5.82 Å². The van der Waals surface area contributed by atoms with E-state index in [-0.39, 0.29) is 0 Å². The Hall–Kier alpha value is -1.23. The number of ether oxygens (including phenoxy) is 1. The van der Waals surface area contributed by atoms with Crippen LogP contribution in [0.15, 0.2) is 10.8 Å². The molecule has 133 valence electrons. The second kappa shape index (κ2) is 7.77. The molecule has 5 nitrogen and oxygen atoms in total. The van der Waals surface area contributed by atoms with Gasteiger partial charge in [-0.05, 0) is 44.9 Å². The first-order chi connectivity index (χ1) is 11.9. The minimum absolute atomic E-state index is 0.372. The van der Waals surface area contributed by atoms with Crippen LogP contribution < -0.4 is 5.32 Å². The number of nitrogens with one attached hydrogen (secondary N) is 1. The van der Waals surface area contributed by atoms with Crippen LogP contribution in [0.5, 0.6) is 0 Å². The van der Waals surface area contributed by atoms with Crippen LogP contribution in [0.2, 0.25) is 0 Å². The molecule has 4 aliphatic rings. The van der Waals surface area contributed by atoms with Crippen molar-refractivity contribution in [2.24, 2.45) is 4.99 Å². The molecule has 0 bridgehead atoms. The fourth-order valence-electron chi connectivity index (χ4n) is 4.24. The molecular weight excluding hydrogens is 300 g/mol. The molecule has 1 saturated heterocycles. The third-order valence-corrected chi connectivity index (χ3v) is 5.95. The van der Waals surface area contributed by atoms with E-state index in [9.17, 15) is 0 Å². The highest BCUT2D eigenvalue weighted by Gasteiger charge is 2.27. The van der Waals surface area contributed by atoms with E-state index in [4.69, 9.17) is 9.73 Å². The van der Waals surface area contributed by atoms with E-state index in [0.29, 0.717) is 12.6 Å². The van der Waals surface area contributed by atoms with Gasteiger partial charge in [0.25, 0.3) is 0 Å². The summed E-state index contributed by atoms with van der Waals surface area (Å²) in [6, 6.07) is 0.848. The number of aliphatic imine (C=N–C) groups is 1. The van der Waals surface area contributed by atoms with Gasteiger partial charge >= 0.3 is 0 Å². The van der Waals surface area contributed by atoms with Crippen LogP contribution >= 0.6 is 0 Å². The van der Waals surface area contributed by atoms with Gasteiger partial charge in [0, 0.05) is 32.2 Å². The Morgan fingerprint density at radius 1 is 0.917 bits per heavy atom. The number of hydrogen-bond acceptors (Lipinski definition) is 5. The zero-order chi connectivity index (χ0) is 16.2.